The first-order valence-corrected chi connectivity index (χ1v) is 5.12. The van der Waals surface area contributed by atoms with Crippen LogP contribution in [0.2, 0.25) is 5.02 Å². The van der Waals surface area contributed by atoms with Crippen molar-refractivity contribution >= 4 is 11.6 Å². The molecule has 2 N–H and O–H groups in total. The summed E-state index contributed by atoms with van der Waals surface area (Å²) in [5.41, 5.74) is 0.942. The molecule has 0 aliphatic carbocycles. The minimum Gasteiger partial charge on any atom is -0.390 e. The van der Waals surface area contributed by atoms with Crippen LogP contribution in [0.1, 0.15) is 18.9 Å². The highest BCUT2D eigenvalue weighted by molar-refractivity contribution is 6.30. The van der Waals surface area contributed by atoms with Crippen LogP contribution < -0.4 is 0 Å². The second kappa shape index (κ2) is 5.35. The molecule has 0 aliphatic heterocycles. The number of hydrogen-bond donors (Lipinski definition) is 2. The third kappa shape index (κ3) is 3.29. The van der Waals surface area contributed by atoms with Crippen molar-refractivity contribution < 1.29 is 10.2 Å². The summed E-state index contributed by atoms with van der Waals surface area (Å²) < 4.78 is 0. The molecule has 0 spiro atoms. The molecule has 0 bridgehead atoms. The first kappa shape index (κ1) is 11.5. The molecule has 1 rings (SSSR count). The summed E-state index contributed by atoms with van der Waals surface area (Å²) in [6.45, 7) is 1.84. The zero-order chi connectivity index (χ0) is 10.6. The molecule has 1 aromatic carbocycles. The van der Waals surface area contributed by atoms with E-state index in [2.05, 4.69) is 0 Å². The van der Waals surface area contributed by atoms with Gasteiger partial charge in [-0.25, -0.2) is 0 Å². The summed E-state index contributed by atoms with van der Waals surface area (Å²) in [5, 5.41) is 19.6. The van der Waals surface area contributed by atoms with E-state index in [1.165, 1.54) is 0 Å². The third-order valence-corrected chi connectivity index (χ3v) is 2.43. The van der Waals surface area contributed by atoms with Gasteiger partial charge in [-0.15, -0.1) is 0 Å². The Morgan fingerprint density at radius 1 is 1.29 bits per heavy atom. The van der Waals surface area contributed by atoms with Crippen LogP contribution in [-0.4, -0.2) is 22.4 Å². The van der Waals surface area contributed by atoms with E-state index in [-0.39, 0.29) is 0 Å². The lowest BCUT2D eigenvalue weighted by Crippen LogP contribution is -2.27. The Hall–Kier alpha value is -0.570. The number of benzene rings is 1. The fourth-order valence-corrected chi connectivity index (χ4v) is 1.53. The fraction of sp³-hybridized carbons (Fsp3) is 0.455. The van der Waals surface area contributed by atoms with Crippen LogP contribution in [0.5, 0.6) is 0 Å². The van der Waals surface area contributed by atoms with Gasteiger partial charge in [-0.1, -0.05) is 30.7 Å². The van der Waals surface area contributed by atoms with Crippen molar-refractivity contribution in [3.8, 4) is 0 Å². The van der Waals surface area contributed by atoms with Crippen molar-refractivity contribution in [1.82, 2.24) is 0 Å². The number of rotatable bonds is 4. The predicted octanol–water partition coefficient (Wildman–Crippen LogP) is 2.01. The van der Waals surface area contributed by atoms with E-state index in [0.29, 0.717) is 17.9 Å². The molecule has 0 saturated carbocycles. The molecule has 0 heterocycles. The second-order valence-corrected chi connectivity index (χ2v) is 3.81. The summed E-state index contributed by atoms with van der Waals surface area (Å²) in [5.74, 6) is 0. The highest BCUT2D eigenvalue weighted by Crippen LogP contribution is 2.13. The van der Waals surface area contributed by atoms with Crippen molar-refractivity contribution in [3.63, 3.8) is 0 Å². The molecule has 0 amide bonds. The molecule has 1 aromatic rings. The first-order chi connectivity index (χ1) is 6.63. The van der Waals surface area contributed by atoms with Gasteiger partial charge >= 0.3 is 0 Å². The van der Waals surface area contributed by atoms with Crippen LogP contribution in [0.25, 0.3) is 0 Å². The minimum absolute atomic E-state index is 0.440. The van der Waals surface area contributed by atoms with E-state index in [9.17, 15) is 10.2 Å². The number of hydrogen-bond acceptors (Lipinski definition) is 2. The molecule has 3 heteroatoms. The molecule has 0 saturated heterocycles. The Bertz CT molecular complexity index is 288. The molecule has 14 heavy (non-hydrogen) atoms. The van der Waals surface area contributed by atoms with Crippen LogP contribution in [0, 0.1) is 0 Å². The zero-order valence-corrected chi connectivity index (χ0v) is 8.91. The summed E-state index contributed by atoms with van der Waals surface area (Å²) in [4.78, 5) is 0. The van der Waals surface area contributed by atoms with E-state index in [1.54, 1.807) is 12.1 Å². The monoisotopic (exact) mass is 214 g/mol. The first-order valence-electron chi connectivity index (χ1n) is 4.74. The average molecular weight is 215 g/mol. The Morgan fingerprint density at radius 3 is 2.57 bits per heavy atom. The molecule has 2 atom stereocenters. The maximum atomic E-state index is 9.57. The van der Waals surface area contributed by atoms with Gasteiger partial charge in [0, 0.05) is 11.4 Å². The van der Waals surface area contributed by atoms with Gasteiger partial charge in [0.15, 0.2) is 0 Å². The van der Waals surface area contributed by atoms with Crippen LogP contribution in [0.3, 0.4) is 0 Å². The van der Waals surface area contributed by atoms with Gasteiger partial charge in [-0.3, -0.25) is 0 Å². The van der Waals surface area contributed by atoms with Gasteiger partial charge in [-0.05, 0) is 24.1 Å². The Kier molecular flexibility index (Phi) is 4.39. The molecule has 0 aliphatic rings. The molecular weight excluding hydrogens is 200 g/mol. The summed E-state index contributed by atoms with van der Waals surface area (Å²) in [7, 11) is 0. The van der Waals surface area contributed by atoms with Gasteiger partial charge < -0.3 is 10.2 Å². The molecule has 0 aromatic heterocycles. The van der Waals surface area contributed by atoms with Crippen molar-refractivity contribution in [2.75, 3.05) is 0 Å². The quantitative estimate of drug-likeness (QED) is 0.805. The Labute approximate surface area is 89.1 Å². The highest BCUT2D eigenvalue weighted by Gasteiger charge is 2.14. The Balaban J connectivity index is 2.60. The van der Waals surface area contributed by atoms with Crippen LogP contribution >= 0.6 is 11.6 Å². The molecule has 78 valence electrons. The zero-order valence-electron chi connectivity index (χ0n) is 8.15. The summed E-state index contributed by atoms with van der Waals surface area (Å²) >= 11 is 5.80. The van der Waals surface area contributed by atoms with E-state index in [0.717, 1.165) is 5.56 Å². The average Bonchev–Trinajstić information content (AvgIpc) is 2.16. The molecule has 0 fully saturated rings. The van der Waals surface area contributed by atoms with Crippen LogP contribution in [0.4, 0.5) is 0 Å². The van der Waals surface area contributed by atoms with E-state index >= 15 is 0 Å². The number of aliphatic hydroxyl groups excluding tert-OH is 2. The van der Waals surface area contributed by atoms with Crippen molar-refractivity contribution in [2.24, 2.45) is 0 Å². The SMILES string of the molecule is CCC(O)C(O)Cc1cccc(Cl)c1. The maximum absolute atomic E-state index is 9.57. The largest absolute Gasteiger partial charge is 0.390 e. The summed E-state index contributed by atoms with van der Waals surface area (Å²) in [6.07, 6.45) is -0.371. The maximum Gasteiger partial charge on any atom is 0.0839 e. The summed E-state index contributed by atoms with van der Waals surface area (Å²) in [6, 6.07) is 7.31. The van der Waals surface area contributed by atoms with Crippen LogP contribution in [0.15, 0.2) is 24.3 Å². The minimum atomic E-state index is -0.710. The van der Waals surface area contributed by atoms with Crippen molar-refractivity contribution in [1.29, 1.82) is 0 Å². The highest BCUT2D eigenvalue weighted by atomic mass is 35.5. The van der Waals surface area contributed by atoms with Crippen molar-refractivity contribution in [2.45, 2.75) is 32.0 Å². The standard InChI is InChI=1S/C11H15ClO2/c1-2-10(13)11(14)7-8-4-3-5-9(12)6-8/h3-6,10-11,13-14H,2,7H2,1H3. The van der Waals surface area contributed by atoms with E-state index in [1.807, 2.05) is 19.1 Å². The smallest absolute Gasteiger partial charge is 0.0839 e. The topological polar surface area (TPSA) is 40.5 Å². The van der Waals surface area contributed by atoms with Crippen LogP contribution in [-0.2, 0) is 6.42 Å². The lowest BCUT2D eigenvalue weighted by atomic mass is 10.0. The lowest BCUT2D eigenvalue weighted by molar-refractivity contribution is 0.0182. The number of aliphatic hydroxyl groups is 2. The van der Waals surface area contributed by atoms with Gasteiger partial charge in [0.25, 0.3) is 0 Å². The normalized spacial score (nSPS) is 15.1. The molecule has 2 nitrogen and oxygen atoms in total. The molecular formula is C11H15ClO2. The predicted molar refractivity (Wildman–Crippen MR) is 57.5 cm³/mol. The van der Waals surface area contributed by atoms with E-state index in [4.69, 9.17) is 11.6 Å². The lowest BCUT2D eigenvalue weighted by Gasteiger charge is -2.15. The van der Waals surface area contributed by atoms with Gasteiger partial charge in [-0.2, -0.15) is 0 Å². The molecule has 2 unspecified atom stereocenters. The van der Waals surface area contributed by atoms with Gasteiger partial charge in [0.1, 0.15) is 0 Å². The Morgan fingerprint density at radius 2 is 2.00 bits per heavy atom. The van der Waals surface area contributed by atoms with Gasteiger partial charge in [0.2, 0.25) is 0 Å². The fourth-order valence-electron chi connectivity index (χ4n) is 1.31. The second-order valence-electron chi connectivity index (χ2n) is 3.38. The van der Waals surface area contributed by atoms with Gasteiger partial charge in [0.05, 0.1) is 12.2 Å². The third-order valence-electron chi connectivity index (χ3n) is 2.20. The van der Waals surface area contributed by atoms with Crippen molar-refractivity contribution in [3.05, 3.63) is 34.9 Å². The number of halogens is 1. The molecule has 0 radical (unpaired) electrons. The van der Waals surface area contributed by atoms with E-state index < -0.39 is 12.2 Å².